The maximum absolute atomic E-state index is 14.3. The average Bonchev–Trinajstić information content (AvgIpc) is 3.20. The highest BCUT2D eigenvalue weighted by atomic mass is 79.9. The Morgan fingerprint density at radius 2 is 2.21 bits per heavy atom. The minimum atomic E-state index is -2.88. The average molecular weight is 468 g/mol. The van der Waals surface area contributed by atoms with E-state index in [0.29, 0.717) is 17.7 Å². The number of thiophene rings is 1. The molecule has 0 aliphatic heterocycles. The van der Waals surface area contributed by atoms with Gasteiger partial charge in [-0.25, -0.2) is 13.3 Å². The third-order valence-electron chi connectivity index (χ3n) is 5.47. The third-order valence-corrected chi connectivity index (χ3v) is 7.04. The predicted octanol–water partition coefficient (Wildman–Crippen LogP) is 5.47. The second-order valence-corrected chi connectivity index (χ2v) is 9.54. The maximum Gasteiger partial charge on any atom is 0.252 e. The van der Waals surface area contributed by atoms with E-state index in [-0.39, 0.29) is 18.6 Å². The number of pyridine rings is 1. The van der Waals surface area contributed by atoms with Gasteiger partial charge in [0, 0.05) is 45.9 Å². The Hall–Kier alpha value is -1.64. The number of fused-ring (bicyclic) bond motifs is 1. The first-order valence-corrected chi connectivity index (χ1v) is 10.8. The first-order valence-electron chi connectivity index (χ1n) is 9.16. The van der Waals surface area contributed by atoms with Gasteiger partial charge in [-0.3, -0.25) is 4.79 Å². The topological polar surface area (TPSA) is 60.4 Å². The number of carbonyl (C=O) groups excluding carboxylic acids is 1. The Kier molecular flexibility index (Phi) is 5.14. The number of aromatic nitrogens is 2. The first-order chi connectivity index (χ1) is 13.3. The van der Waals surface area contributed by atoms with E-state index in [0.717, 1.165) is 26.0 Å². The van der Waals surface area contributed by atoms with Gasteiger partial charge in [-0.15, -0.1) is 11.3 Å². The molecule has 2 N–H and O–H groups in total. The predicted molar refractivity (Wildman–Crippen MR) is 110 cm³/mol. The number of aryl methyl sites for hydroxylation is 1. The fourth-order valence-corrected chi connectivity index (χ4v) is 5.24. The van der Waals surface area contributed by atoms with Crippen molar-refractivity contribution < 1.29 is 13.6 Å². The number of ketones is 1. The lowest BCUT2D eigenvalue weighted by Gasteiger charge is -2.35. The van der Waals surface area contributed by atoms with E-state index < -0.39 is 17.9 Å². The summed E-state index contributed by atoms with van der Waals surface area (Å²) in [6, 6.07) is 5.05. The fourth-order valence-electron chi connectivity index (χ4n) is 3.93. The zero-order valence-corrected chi connectivity index (χ0v) is 17.7. The van der Waals surface area contributed by atoms with Crippen molar-refractivity contribution >= 4 is 38.6 Å². The van der Waals surface area contributed by atoms with E-state index in [2.05, 4.69) is 21.0 Å². The summed E-state index contributed by atoms with van der Waals surface area (Å²) in [5.74, 6) is -4.23. The minimum Gasteiger partial charge on any atom is -0.327 e. The summed E-state index contributed by atoms with van der Waals surface area (Å²) in [5, 5.41) is 4.36. The molecule has 0 radical (unpaired) electrons. The lowest BCUT2D eigenvalue weighted by Crippen LogP contribution is -2.46. The zero-order chi connectivity index (χ0) is 20.1. The van der Waals surface area contributed by atoms with E-state index in [4.69, 9.17) is 5.73 Å². The normalized spacial score (nSPS) is 21.9. The van der Waals surface area contributed by atoms with Gasteiger partial charge in [0.25, 0.3) is 5.92 Å². The number of Topliss-reactive ketones (excluding diaryl/α,β-unsaturated/α-hetero) is 1. The van der Waals surface area contributed by atoms with Crippen LogP contribution in [-0.4, -0.2) is 27.4 Å². The molecule has 1 saturated carbocycles. The molecule has 0 amide bonds. The van der Waals surface area contributed by atoms with Crippen LogP contribution >= 0.6 is 27.3 Å². The lowest BCUT2D eigenvalue weighted by molar-refractivity contribution is -0.0922. The van der Waals surface area contributed by atoms with Crippen molar-refractivity contribution in [1.29, 1.82) is 0 Å². The Morgan fingerprint density at radius 3 is 2.96 bits per heavy atom. The molecule has 2 atom stereocenters. The molecule has 0 bridgehead atoms. The first kappa shape index (κ1) is 19.7. The van der Waals surface area contributed by atoms with Crippen LogP contribution in [0.1, 0.15) is 40.2 Å². The summed E-state index contributed by atoms with van der Waals surface area (Å²) in [6.45, 7) is 1.93. The third kappa shape index (κ3) is 3.53. The van der Waals surface area contributed by atoms with Gasteiger partial charge in [0.2, 0.25) is 0 Å². The molecule has 1 fully saturated rings. The van der Waals surface area contributed by atoms with Gasteiger partial charge in [0.1, 0.15) is 0 Å². The van der Waals surface area contributed by atoms with Gasteiger partial charge in [-0.05, 0) is 59.5 Å². The van der Waals surface area contributed by atoms with Gasteiger partial charge in [-0.2, -0.15) is 5.10 Å². The van der Waals surface area contributed by atoms with E-state index in [9.17, 15) is 13.6 Å². The summed E-state index contributed by atoms with van der Waals surface area (Å²) >= 11 is 4.76. The van der Waals surface area contributed by atoms with Gasteiger partial charge < -0.3 is 5.73 Å². The van der Waals surface area contributed by atoms with Gasteiger partial charge >= 0.3 is 0 Å². The van der Waals surface area contributed by atoms with Crippen molar-refractivity contribution in [3.05, 3.63) is 44.8 Å². The summed E-state index contributed by atoms with van der Waals surface area (Å²) in [4.78, 5) is 14.2. The molecule has 0 saturated heterocycles. The van der Waals surface area contributed by atoms with Gasteiger partial charge in [0.05, 0.1) is 16.6 Å². The smallest absolute Gasteiger partial charge is 0.252 e. The van der Waals surface area contributed by atoms with E-state index >= 15 is 0 Å². The Morgan fingerprint density at radius 1 is 1.43 bits per heavy atom. The highest BCUT2D eigenvalue weighted by Crippen LogP contribution is 2.41. The number of nitrogens with two attached hydrogens (primary N) is 1. The van der Waals surface area contributed by atoms with Crippen LogP contribution in [0.25, 0.3) is 16.6 Å². The van der Waals surface area contributed by atoms with Crippen molar-refractivity contribution in [2.45, 2.75) is 44.6 Å². The second-order valence-electron chi connectivity index (χ2n) is 7.37. The molecule has 3 aromatic rings. The molecular formula is C20H20BrF2N3OS. The van der Waals surface area contributed by atoms with Crippen molar-refractivity contribution in [1.82, 2.24) is 9.61 Å². The van der Waals surface area contributed by atoms with Crippen molar-refractivity contribution in [3.63, 3.8) is 0 Å². The van der Waals surface area contributed by atoms with Crippen LogP contribution in [-0.2, 0) is 0 Å². The van der Waals surface area contributed by atoms with E-state index in [1.807, 2.05) is 25.3 Å². The van der Waals surface area contributed by atoms with Crippen molar-refractivity contribution in [2.75, 3.05) is 0 Å². The molecular weight excluding hydrogens is 448 g/mol. The summed E-state index contributed by atoms with van der Waals surface area (Å²) in [7, 11) is 0. The van der Waals surface area contributed by atoms with Crippen LogP contribution < -0.4 is 5.73 Å². The summed E-state index contributed by atoms with van der Waals surface area (Å²) in [5.41, 5.74) is 8.67. The van der Waals surface area contributed by atoms with Crippen LogP contribution in [0.3, 0.4) is 0 Å². The van der Waals surface area contributed by atoms with Crippen LogP contribution in [0.15, 0.2) is 35.1 Å². The fraction of sp³-hybridized carbons (Fsp3) is 0.400. The van der Waals surface area contributed by atoms with E-state index in [1.54, 1.807) is 16.8 Å². The molecule has 1 aliphatic rings. The van der Waals surface area contributed by atoms with Crippen LogP contribution in [0.2, 0.25) is 0 Å². The lowest BCUT2D eigenvalue weighted by atomic mass is 9.78. The molecule has 0 aromatic carbocycles. The molecule has 4 nitrogen and oxygen atoms in total. The molecule has 0 unspecified atom stereocenters. The quantitative estimate of drug-likeness (QED) is 0.517. The van der Waals surface area contributed by atoms with Gasteiger partial charge in [-0.1, -0.05) is 0 Å². The number of nitrogens with zero attached hydrogens (tertiary/aromatic N) is 2. The number of rotatable bonds is 4. The van der Waals surface area contributed by atoms with Gasteiger partial charge in [0.15, 0.2) is 5.78 Å². The molecule has 148 valence electrons. The zero-order valence-electron chi connectivity index (χ0n) is 15.3. The SMILES string of the molecule is Cc1sc(C(=O)C[C@@H]2[C@@H](N)CCCC2(F)F)cc1-c1cnn2cc(Br)ccc12. The molecule has 3 heterocycles. The minimum absolute atomic E-state index is 0.189. The number of hydrogen-bond acceptors (Lipinski definition) is 4. The molecule has 0 spiro atoms. The number of carbonyl (C=O) groups is 1. The Labute approximate surface area is 173 Å². The monoisotopic (exact) mass is 467 g/mol. The van der Waals surface area contributed by atoms with E-state index in [1.165, 1.54) is 11.3 Å². The highest BCUT2D eigenvalue weighted by Gasteiger charge is 2.46. The van der Waals surface area contributed by atoms with Crippen molar-refractivity contribution in [3.8, 4) is 11.1 Å². The summed E-state index contributed by atoms with van der Waals surface area (Å²) < 4.78 is 31.2. The highest BCUT2D eigenvalue weighted by molar-refractivity contribution is 9.10. The number of alkyl halides is 2. The molecule has 3 aromatic heterocycles. The molecule has 1 aliphatic carbocycles. The summed E-state index contributed by atoms with van der Waals surface area (Å²) in [6.07, 6.45) is 4.17. The molecule has 28 heavy (non-hydrogen) atoms. The second kappa shape index (κ2) is 7.31. The maximum atomic E-state index is 14.3. The Balaban J connectivity index is 1.63. The standard InChI is InChI=1S/C20H20BrF2N3OS/c1-11-13(14-9-25-26-10-12(21)4-5-17(14)26)7-19(28-11)18(27)8-15-16(24)3-2-6-20(15,22)23/h4-5,7,9-10,15-16H,2-3,6,8,24H2,1H3/t15-,16+/m1/s1. The largest absolute Gasteiger partial charge is 0.327 e. The Bertz CT molecular complexity index is 1050. The van der Waals surface area contributed by atoms with Crippen LogP contribution in [0, 0.1) is 12.8 Å². The molecule has 8 heteroatoms. The van der Waals surface area contributed by atoms with Crippen LogP contribution in [0.5, 0.6) is 0 Å². The number of hydrogen-bond donors (Lipinski definition) is 1. The van der Waals surface area contributed by atoms with Crippen LogP contribution in [0.4, 0.5) is 8.78 Å². The number of halogens is 3. The van der Waals surface area contributed by atoms with Crippen molar-refractivity contribution in [2.24, 2.45) is 11.7 Å². The molecule has 4 rings (SSSR count).